The highest BCUT2D eigenvalue weighted by molar-refractivity contribution is 6.05. The Bertz CT molecular complexity index is 575. The van der Waals surface area contributed by atoms with E-state index < -0.39 is 0 Å². The minimum atomic E-state index is 0.0336. The van der Waals surface area contributed by atoms with Crippen LogP contribution in [-0.4, -0.2) is 36.4 Å². The molecule has 0 unspecified atom stereocenters. The lowest BCUT2D eigenvalue weighted by molar-refractivity contribution is -0.118. The Kier molecular flexibility index (Phi) is 2.27. The third-order valence-corrected chi connectivity index (χ3v) is 4.01. The van der Waals surface area contributed by atoms with Gasteiger partial charge in [0, 0.05) is 25.3 Å². The Morgan fingerprint density at radius 1 is 1.11 bits per heavy atom. The van der Waals surface area contributed by atoms with Crippen molar-refractivity contribution in [2.45, 2.75) is 19.4 Å². The number of benzene rings is 1. The standard InChI is InChI=1S/C14H16N4O/c19-13-9-18-8-10-7-11(17-5-1-2-6-17)3-4-12(10)15-14(18)16-13/h3-4,7H,1-2,5-6,8-9H2,(H,15,16,19). The lowest BCUT2D eigenvalue weighted by Crippen LogP contribution is -2.32. The van der Waals surface area contributed by atoms with E-state index in [9.17, 15) is 4.79 Å². The van der Waals surface area contributed by atoms with Crippen LogP contribution in [0.4, 0.5) is 11.4 Å². The van der Waals surface area contributed by atoms with E-state index in [1.54, 1.807) is 0 Å². The van der Waals surface area contributed by atoms with Crippen LogP contribution in [0.3, 0.4) is 0 Å². The van der Waals surface area contributed by atoms with Crippen LogP contribution in [0.1, 0.15) is 18.4 Å². The Morgan fingerprint density at radius 3 is 2.79 bits per heavy atom. The fourth-order valence-electron chi connectivity index (χ4n) is 3.02. The highest BCUT2D eigenvalue weighted by Crippen LogP contribution is 2.31. The van der Waals surface area contributed by atoms with E-state index in [4.69, 9.17) is 0 Å². The molecule has 0 radical (unpaired) electrons. The Morgan fingerprint density at radius 2 is 1.95 bits per heavy atom. The van der Waals surface area contributed by atoms with Crippen molar-refractivity contribution in [2.75, 3.05) is 24.5 Å². The number of fused-ring (bicyclic) bond motifs is 2. The first-order valence-electron chi connectivity index (χ1n) is 6.81. The molecule has 98 valence electrons. The number of hydrogen-bond acceptors (Lipinski definition) is 4. The van der Waals surface area contributed by atoms with Crippen LogP contribution in [0.15, 0.2) is 23.2 Å². The predicted octanol–water partition coefficient (Wildman–Crippen LogP) is 1.22. The van der Waals surface area contributed by atoms with Crippen molar-refractivity contribution in [3.63, 3.8) is 0 Å². The SMILES string of the molecule is O=C1CN2Cc3cc(N4CCCC4)ccc3N=C2N1. The van der Waals surface area contributed by atoms with Gasteiger partial charge in [-0.25, -0.2) is 4.99 Å². The molecule has 0 atom stereocenters. The molecule has 5 heteroatoms. The second kappa shape index (κ2) is 3.98. The summed E-state index contributed by atoms with van der Waals surface area (Å²) in [6.07, 6.45) is 2.56. The average Bonchev–Trinajstić information content (AvgIpc) is 3.03. The third-order valence-electron chi connectivity index (χ3n) is 4.01. The summed E-state index contributed by atoms with van der Waals surface area (Å²) in [6, 6.07) is 6.43. The smallest absolute Gasteiger partial charge is 0.246 e. The topological polar surface area (TPSA) is 47.9 Å². The van der Waals surface area contributed by atoms with Crippen LogP contribution in [-0.2, 0) is 11.3 Å². The van der Waals surface area contributed by atoms with Crippen molar-refractivity contribution in [3.8, 4) is 0 Å². The van der Waals surface area contributed by atoms with Gasteiger partial charge in [-0.1, -0.05) is 0 Å². The van der Waals surface area contributed by atoms with Gasteiger partial charge in [0.1, 0.15) is 6.54 Å². The molecule has 1 aromatic carbocycles. The van der Waals surface area contributed by atoms with E-state index >= 15 is 0 Å². The molecule has 0 aromatic heterocycles. The lowest BCUT2D eigenvalue weighted by atomic mass is 10.1. The zero-order valence-corrected chi connectivity index (χ0v) is 10.7. The molecule has 19 heavy (non-hydrogen) atoms. The molecule has 2 fully saturated rings. The number of carbonyl (C=O) groups is 1. The molecule has 1 N–H and O–H groups in total. The summed E-state index contributed by atoms with van der Waals surface area (Å²) in [4.78, 5) is 20.3. The quantitative estimate of drug-likeness (QED) is 0.822. The maximum absolute atomic E-state index is 11.4. The van der Waals surface area contributed by atoms with Crippen LogP contribution < -0.4 is 10.2 Å². The number of amides is 1. The normalized spacial score (nSPS) is 21.1. The van der Waals surface area contributed by atoms with Crippen molar-refractivity contribution in [2.24, 2.45) is 4.99 Å². The van der Waals surface area contributed by atoms with Crippen LogP contribution in [0.25, 0.3) is 0 Å². The lowest BCUT2D eigenvalue weighted by Gasteiger charge is -2.25. The molecule has 3 heterocycles. The average molecular weight is 256 g/mol. The summed E-state index contributed by atoms with van der Waals surface area (Å²) in [6.45, 7) is 3.49. The highest BCUT2D eigenvalue weighted by Gasteiger charge is 2.29. The van der Waals surface area contributed by atoms with Crippen molar-refractivity contribution in [1.29, 1.82) is 0 Å². The zero-order chi connectivity index (χ0) is 12.8. The van der Waals surface area contributed by atoms with E-state index in [2.05, 4.69) is 33.4 Å². The number of aliphatic imine (C=N–C) groups is 1. The summed E-state index contributed by atoms with van der Waals surface area (Å²) in [5.74, 6) is 0.734. The fraction of sp³-hybridized carbons (Fsp3) is 0.429. The summed E-state index contributed by atoms with van der Waals surface area (Å²) in [5.41, 5.74) is 3.48. The van der Waals surface area contributed by atoms with Crippen molar-refractivity contribution < 1.29 is 4.79 Å². The molecule has 0 aliphatic carbocycles. The number of rotatable bonds is 1. The summed E-state index contributed by atoms with van der Waals surface area (Å²) < 4.78 is 0. The molecule has 0 saturated carbocycles. The summed E-state index contributed by atoms with van der Waals surface area (Å²) in [5, 5.41) is 2.79. The first kappa shape index (κ1) is 10.8. The van der Waals surface area contributed by atoms with Gasteiger partial charge in [0.15, 0.2) is 0 Å². The minimum Gasteiger partial charge on any atom is -0.372 e. The molecule has 1 aromatic rings. The summed E-state index contributed by atoms with van der Waals surface area (Å²) in [7, 11) is 0. The molecule has 3 aliphatic rings. The molecule has 0 bridgehead atoms. The van der Waals surface area contributed by atoms with Crippen molar-refractivity contribution in [1.82, 2.24) is 10.2 Å². The van der Waals surface area contributed by atoms with Gasteiger partial charge < -0.3 is 9.80 Å². The molecule has 5 nitrogen and oxygen atoms in total. The van der Waals surface area contributed by atoms with Crippen LogP contribution in [0.5, 0.6) is 0 Å². The fourth-order valence-corrected chi connectivity index (χ4v) is 3.02. The molecule has 0 spiro atoms. The van der Waals surface area contributed by atoms with Gasteiger partial charge >= 0.3 is 0 Å². The van der Waals surface area contributed by atoms with E-state index in [1.165, 1.54) is 24.1 Å². The molecule has 4 rings (SSSR count). The van der Waals surface area contributed by atoms with E-state index in [0.29, 0.717) is 12.5 Å². The Hall–Kier alpha value is -2.04. The van der Waals surface area contributed by atoms with E-state index in [0.717, 1.165) is 25.3 Å². The van der Waals surface area contributed by atoms with Gasteiger partial charge in [-0.05, 0) is 36.6 Å². The second-order valence-corrected chi connectivity index (χ2v) is 5.35. The maximum Gasteiger partial charge on any atom is 0.246 e. The highest BCUT2D eigenvalue weighted by atomic mass is 16.2. The molecule has 1 amide bonds. The first-order valence-corrected chi connectivity index (χ1v) is 6.81. The number of carbonyl (C=O) groups excluding carboxylic acids is 1. The van der Waals surface area contributed by atoms with E-state index in [-0.39, 0.29) is 5.91 Å². The Balaban J connectivity index is 1.68. The van der Waals surface area contributed by atoms with Gasteiger partial charge in [0.25, 0.3) is 0 Å². The number of hydrogen-bond donors (Lipinski definition) is 1. The number of nitrogens with one attached hydrogen (secondary N) is 1. The number of nitrogens with zero attached hydrogens (tertiary/aromatic N) is 3. The zero-order valence-electron chi connectivity index (χ0n) is 10.7. The molecule has 2 saturated heterocycles. The minimum absolute atomic E-state index is 0.0336. The van der Waals surface area contributed by atoms with Gasteiger partial charge in [-0.15, -0.1) is 0 Å². The molecule has 3 aliphatic heterocycles. The van der Waals surface area contributed by atoms with Crippen molar-refractivity contribution >= 4 is 23.2 Å². The van der Waals surface area contributed by atoms with Gasteiger partial charge in [0.2, 0.25) is 11.9 Å². The van der Waals surface area contributed by atoms with Gasteiger partial charge in [0.05, 0.1) is 5.69 Å². The molecular weight excluding hydrogens is 240 g/mol. The monoisotopic (exact) mass is 256 g/mol. The Labute approximate surface area is 111 Å². The van der Waals surface area contributed by atoms with Crippen LogP contribution in [0, 0.1) is 0 Å². The number of anilines is 1. The van der Waals surface area contributed by atoms with Gasteiger partial charge in [-0.2, -0.15) is 0 Å². The first-order chi connectivity index (χ1) is 9.29. The molecular formula is C14H16N4O. The maximum atomic E-state index is 11.4. The van der Waals surface area contributed by atoms with Crippen LogP contribution in [0.2, 0.25) is 0 Å². The van der Waals surface area contributed by atoms with E-state index in [1.807, 2.05) is 4.90 Å². The van der Waals surface area contributed by atoms with Gasteiger partial charge in [-0.3, -0.25) is 10.1 Å². The summed E-state index contributed by atoms with van der Waals surface area (Å²) >= 11 is 0. The van der Waals surface area contributed by atoms with Crippen LogP contribution >= 0.6 is 0 Å². The predicted molar refractivity (Wildman–Crippen MR) is 73.5 cm³/mol. The largest absolute Gasteiger partial charge is 0.372 e. The third kappa shape index (κ3) is 1.77. The van der Waals surface area contributed by atoms with Crippen molar-refractivity contribution in [3.05, 3.63) is 23.8 Å². The number of guanidine groups is 1. The second-order valence-electron chi connectivity index (χ2n) is 5.35.